The van der Waals surface area contributed by atoms with Gasteiger partial charge in [-0.25, -0.2) is 4.79 Å². The minimum absolute atomic E-state index is 0.309. The van der Waals surface area contributed by atoms with Crippen molar-refractivity contribution in [3.8, 4) is 0 Å². The minimum Gasteiger partial charge on any atom is -0.478 e. The van der Waals surface area contributed by atoms with Gasteiger partial charge in [-0.1, -0.05) is 54.6 Å². The van der Waals surface area contributed by atoms with Gasteiger partial charge in [-0.3, -0.25) is 0 Å². The lowest BCUT2D eigenvalue weighted by molar-refractivity contribution is -0.130. The summed E-state index contributed by atoms with van der Waals surface area (Å²) < 4.78 is 0. The van der Waals surface area contributed by atoms with Crippen molar-refractivity contribution in [1.29, 1.82) is 0 Å². The molecule has 0 bridgehead atoms. The average Bonchev–Trinajstić information content (AvgIpc) is 2.45. The SMILES string of the molecule is O=C(O)C(=CCNc1ccccc1)c1ccccc1. The normalized spacial score (nSPS) is 11.1. The topological polar surface area (TPSA) is 49.3 Å². The number of carboxylic acid groups (broad SMARTS) is 1. The van der Waals surface area contributed by atoms with Crippen molar-refractivity contribution >= 4 is 17.2 Å². The van der Waals surface area contributed by atoms with E-state index in [0.717, 1.165) is 5.69 Å². The molecule has 0 unspecified atom stereocenters. The number of carboxylic acids is 1. The Bertz CT molecular complexity index is 562. The van der Waals surface area contributed by atoms with Gasteiger partial charge in [0.2, 0.25) is 0 Å². The van der Waals surface area contributed by atoms with E-state index in [0.29, 0.717) is 17.7 Å². The number of nitrogens with one attached hydrogen (secondary N) is 1. The van der Waals surface area contributed by atoms with Crippen LogP contribution in [-0.4, -0.2) is 17.6 Å². The molecular formula is C16H15NO2. The van der Waals surface area contributed by atoms with Gasteiger partial charge >= 0.3 is 5.97 Å². The van der Waals surface area contributed by atoms with E-state index in [1.807, 2.05) is 48.5 Å². The van der Waals surface area contributed by atoms with Gasteiger partial charge in [0.15, 0.2) is 0 Å². The van der Waals surface area contributed by atoms with Crippen LogP contribution in [0.15, 0.2) is 66.7 Å². The quantitative estimate of drug-likeness (QED) is 0.804. The molecule has 0 aromatic heterocycles. The fourth-order valence-electron chi connectivity index (χ4n) is 1.77. The predicted octanol–water partition coefficient (Wildman–Crippen LogP) is 3.27. The van der Waals surface area contributed by atoms with Crippen molar-refractivity contribution in [2.24, 2.45) is 0 Å². The van der Waals surface area contributed by atoms with Crippen LogP contribution in [0, 0.1) is 0 Å². The van der Waals surface area contributed by atoms with E-state index in [9.17, 15) is 9.90 Å². The van der Waals surface area contributed by atoms with Crippen molar-refractivity contribution in [3.05, 3.63) is 72.3 Å². The molecule has 0 saturated carbocycles. The Labute approximate surface area is 112 Å². The van der Waals surface area contributed by atoms with Crippen molar-refractivity contribution < 1.29 is 9.90 Å². The predicted molar refractivity (Wildman–Crippen MR) is 77.0 cm³/mol. The zero-order valence-corrected chi connectivity index (χ0v) is 10.4. The molecule has 19 heavy (non-hydrogen) atoms. The summed E-state index contributed by atoms with van der Waals surface area (Å²) in [5.41, 5.74) is 1.99. The second-order valence-electron chi connectivity index (χ2n) is 4.04. The Kier molecular flexibility index (Phi) is 4.34. The highest BCUT2D eigenvalue weighted by molar-refractivity contribution is 6.15. The fraction of sp³-hybridized carbons (Fsp3) is 0.0625. The maximum absolute atomic E-state index is 11.2. The highest BCUT2D eigenvalue weighted by Crippen LogP contribution is 2.14. The van der Waals surface area contributed by atoms with Crippen LogP contribution in [0.4, 0.5) is 5.69 Å². The Morgan fingerprint density at radius 3 is 2.16 bits per heavy atom. The smallest absolute Gasteiger partial charge is 0.336 e. The lowest BCUT2D eigenvalue weighted by atomic mass is 10.1. The molecule has 3 heteroatoms. The minimum atomic E-state index is -0.916. The molecule has 0 aliphatic rings. The molecule has 0 amide bonds. The Morgan fingerprint density at radius 2 is 1.58 bits per heavy atom. The van der Waals surface area contributed by atoms with E-state index in [-0.39, 0.29) is 0 Å². The molecule has 0 saturated heterocycles. The number of benzene rings is 2. The molecule has 2 N–H and O–H groups in total. The van der Waals surface area contributed by atoms with E-state index in [2.05, 4.69) is 5.32 Å². The number of anilines is 1. The summed E-state index contributed by atoms with van der Waals surface area (Å²) in [6.07, 6.45) is 1.69. The summed E-state index contributed by atoms with van der Waals surface area (Å²) in [5.74, 6) is -0.916. The first-order chi connectivity index (χ1) is 9.27. The van der Waals surface area contributed by atoms with Crippen molar-refractivity contribution in [1.82, 2.24) is 0 Å². The van der Waals surface area contributed by atoms with Crippen molar-refractivity contribution in [3.63, 3.8) is 0 Å². The lowest BCUT2D eigenvalue weighted by Gasteiger charge is -2.05. The second kappa shape index (κ2) is 6.40. The molecule has 2 aromatic rings. The Morgan fingerprint density at radius 1 is 1.00 bits per heavy atom. The molecule has 0 heterocycles. The van der Waals surface area contributed by atoms with Crippen LogP contribution in [0.25, 0.3) is 5.57 Å². The second-order valence-corrected chi connectivity index (χ2v) is 4.04. The third-order valence-electron chi connectivity index (χ3n) is 2.70. The summed E-state index contributed by atoms with van der Waals surface area (Å²) >= 11 is 0. The molecule has 0 aliphatic heterocycles. The number of aliphatic carboxylic acids is 1. The van der Waals surface area contributed by atoms with Crippen LogP contribution in [-0.2, 0) is 4.79 Å². The van der Waals surface area contributed by atoms with Crippen molar-refractivity contribution in [2.45, 2.75) is 0 Å². The van der Waals surface area contributed by atoms with Gasteiger partial charge in [-0.05, 0) is 17.7 Å². The zero-order valence-electron chi connectivity index (χ0n) is 10.4. The molecule has 2 aromatic carbocycles. The third kappa shape index (κ3) is 3.71. The molecule has 0 spiro atoms. The third-order valence-corrected chi connectivity index (χ3v) is 2.70. The van der Waals surface area contributed by atoms with Crippen molar-refractivity contribution in [2.75, 3.05) is 11.9 Å². The molecular weight excluding hydrogens is 238 g/mol. The summed E-state index contributed by atoms with van der Waals surface area (Å²) in [5, 5.41) is 12.4. The largest absolute Gasteiger partial charge is 0.478 e. The number of rotatable bonds is 5. The number of carbonyl (C=O) groups is 1. The van der Waals surface area contributed by atoms with Gasteiger partial charge in [-0.15, -0.1) is 0 Å². The highest BCUT2D eigenvalue weighted by Gasteiger charge is 2.08. The van der Waals surface area contributed by atoms with Crippen LogP contribution in [0.3, 0.4) is 0 Å². The van der Waals surface area contributed by atoms with E-state index in [4.69, 9.17) is 0 Å². The van der Waals surface area contributed by atoms with Crippen LogP contribution < -0.4 is 5.32 Å². The summed E-state index contributed by atoms with van der Waals surface area (Å²) in [6.45, 7) is 0.473. The van der Waals surface area contributed by atoms with Gasteiger partial charge in [0.05, 0.1) is 5.57 Å². The standard InChI is InChI=1S/C16H15NO2/c18-16(19)15(13-7-3-1-4-8-13)11-12-17-14-9-5-2-6-10-14/h1-11,17H,12H2,(H,18,19). The molecule has 0 atom stereocenters. The van der Waals surface area contributed by atoms with Crippen LogP contribution >= 0.6 is 0 Å². The lowest BCUT2D eigenvalue weighted by Crippen LogP contribution is -2.04. The van der Waals surface area contributed by atoms with Gasteiger partial charge < -0.3 is 10.4 Å². The molecule has 3 nitrogen and oxygen atoms in total. The van der Waals surface area contributed by atoms with Crippen LogP contribution in [0.2, 0.25) is 0 Å². The number of hydrogen-bond donors (Lipinski definition) is 2. The van der Waals surface area contributed by atoms with E-state index in [1.54, 1.807) is 18.2 Å². The van der Waals surface area contributed by atoms with Crippen LogP contribution in [0.1, 0.15) is 5.56 Å². The zero-order chi connectivity index (χ0) is 13.5. The summed E-state index contributed by atoms with van der Waals surface area (Å²) in [6, 6.07) is 18.8. The van der Waals surface area contributed by atoms with Crippen LogP contribution in [0.5, 0.6) is 0 Å². The molecule has 96 valence electrons. The molecule has 0 fully saturated rings. The average molecular weight is 253 g/mol. The Hall–Kier alpha value is -2.55. The van der Waals surface area contributed by atoms with E-state index in [1.165, 1.54) is 0 Å². The van der Waals surface area contributed by atoms with Gasteiger partial charge in [0.1, 0.15) is 0 Å². The molecule has 0 radical (unpaired) electrons. The van der Waals surface area contributed by atoms with E-state index >= 15 is 0 Å². The number of para-hydroxylation sites is 1. The monoisotopic (exact) mass is 253 g/mol. The fourth-order valence-corrected chi connectivity index (χ4v) is 1.77. The maximum Gasteiger partial charge on any atom is 0.336 e. The highest BCUT2D eigenvalue weighted by atomic mass is 16.4. The first-order valence-electron chi connectivity index (χ1n) is 6.05. The molecule has 2 rings (SSSR count). The van der Waals surface area contributed by atoms with Gasteiger partial charge in [0.25, 0.3) is 0 Å². The summed E-state index contributed by atoms with van der Waals surface area (Å²) in [7, 11) is 0. The van der Waals surface area contributed by atoms with Gasteiger partial charge in [0, 0.05) is 12.2 Å². The summed E-state index contributed by atoms with van der Waals surface area (Å²) in [4.78, 5) is 11.2. The number of hydrogen-bond acceptors (Lipinski definition) is 2. The van der Waals surface area contributed by atoms with Gasteiger partial charge in [-0.2, -0.15) is 0 Å². The Balaban J connectivity index is 2.08. The maximum atomic E-state index is 11.2. The first-order valence-corrected chi connectivity index (χ1v) is 6.05. The van der Waals surface area contributed by atoms with E-state index < -0.39 is 5.97 Å². The molecule has 0 aliphatic carbocycles. The first kappa shape index (κ1) is 12.9.